The second kappa shape index (κ2) is 5.07. The predicted molar refractivity (Wildman–Crippen MR) is 61.3 cm³/mol. The highest BCUT2D eigenvalue weighted by Crippen LogP contribution is 2.36. The molecule has 0 fully saturated rings. The van der Waals surface area contributed by atoms with Crippen molar-refractivity contribution < 1.29 is 14.2 Å². The molecule has 0 radical (unpaired) electrons. The van der Waals surface area contributed by atoms with Crippen molar-refractivity contribution in [3.05, 3.63) is 17.7 Å². The maximum Gasteiger partial charge on any atom is 0.165 e. The smallest absolute Gasteiger partial charge is 0.165 e. The molecule has 1 aromatic carbocycles. The van der Waals surface area contributed by atoms with Crippen molar-refractivity contribution in [2.45, 2.75) is 13.3 Å². The summed E-state index contributed by atoms with van der Waals surface area (Å²) in [6.45, 7) is 4.48. The Kier molecular flexibility index (Phi) is 3.51. The number of hydrogen-bond acceptors (Lipinski definition) is 4. The Labute approximate surface area is 95.3 Å². The molecule has 0 bridgehead atoms. The molecule has 1 aromatic rings. The second-order valence-electron chi connectivity index (χ2n) is 3.75. The lowest BCUT2D eigenvalue weighted by Gasteiger charge is -2.20. The largest absolute Gasteiger partial charge is 0.493 e. The number of fused-ring (bicyclic) bond motifs is 1. The molecule has 0 aliphatic carbocycles. The van der Waals surface area contributed by atoms with E-state index >= 15 is 0 Å². The van der Waals surface area contributed by atoms with Crippen LogP contribution in [0.3, 0.4) is 0 Å². The van der Waals surface area contributed by atoms with Gasteiger partial charge in [-0.1, -0.05) is 0 Å². The van der Waals surface area contributed by atoms with Gasteiger partial charge in [0.15, 0.2) is 11.5 Å². The predicted octanol–water partition coefficient (Wildman–Crippen LogP) is 1.49. The Balaban J connectivity index is 2.12. The molecule has 16 heavy (non-hydrogen) atoms. The van der Waals surface area contributed by atoms with Crippen molar-refractivity contribution in [2.75, 3.05) is 26.4 Å². The molecule has 4 heteroatoms. The Morgan fingerprint density at radius 3 is 2.62 bits per heavy atom. The fourth-order valence-corrected chi connectivity index (χ4v) is 1.59. The Morgan fingerprint density at radius 1 is 1.25 bits per heavy atom. The molecular formula is C12H17NO3. The van der Waals surface area contributed by atoms with Gasteiger partial charge < -0.3 is 19.9 Å². The van der Waals surface area contributed by atoms with Gasteiger partial charge in [0.1, 0.15) is 19.0 Å². The van der Waals surface area contributed by atoms with Crippen LogP contribution in [0.2, 0.25) is 0 Å². The molecule has 2 rings (SSSR count). The van der Waals surface area contributed by atoms with Gasteiger partial charge in [0.05, 0.1) is 6.61 Å². The first-order chi connectivity index (χ1) is 7.81. The lowest BCUT2D eigenvalue weighted by molar-refractivity contribution is 0.170. The quantitative estimate of drug-likeness (QED) is 0.786. The first-order valence-electron chi connectivity index (χ1n) is 5.54. The number of aryl methyl sites for hydroxylation is 1. The molecule has 2 N–H and O–H groups in total. The summed E-state index contributed by atoms with van der Waals surface area (Å²) in [5.41, 5.74) is 6.47. The van der Waals surface area contributed by atoms with Gasteiger partial charge in [0.25, 0.3) is 0 Å². The molecule has 88 valence electrons. The van der Waals surface area contributed by atoms with E-state index in [1.165, 1.54) is 0 Å². The van der Waals surface area contributed by atoms with Crippen LogP contribution >= 0.6 is 0 Å². The van der Waals surface area contributed by atoms with E-state index in [0.29, 0.717) is 26.4 Å². The lowest BCUT2D eigenvalue weighted by Crippen LogP contribution is -2.15. The first kappa shape index (κ1) is 11.1. The highest BCUT2D eigenvalue weighted by atomic mass is 16.6. The molecular weight excluding hydrogens is 206 g/mol. The molecule has 0 aromatic heterocycles. The molecule has 1 aliphatic heterocycles. The van der Waals surface area contributed by atoms with Crippen LogP contribution in [-0.4, -0.2) is 26.4 Å². The Bertz CT molecular complexity index is 366. The minimum absolute atomic E-state index is 0.596. The number of rotatable bonds is 4. The summed E-state index contributed by atoms with van der Waals surface area (Å²) in [7, 11) is 0. The van der Waals surface area contributed by atoms with E-state index in [1.807, 2.05) is 19.1 Å². The second-order valence-corrected chi connectivity index (χ2v) is 3.75. The molecule has 0 unspecified atom stereocenters. The van der Waals surface area contributed by atoms with Crippen LogP contribution < -0.4 is 19.9 Å². The van der Waals surface area contributed by atoms with Crippen LogP contribution in [0.1, 0.15) is 12.0 Å². The van der Waals surface area contributed by atoms with Gasteiger partial charge in [0, 0.05) is 6.07 Å². The van der Waals surface area contributed by atoms with Crippen molar-refractivity contribution in [2.24, 2.45) is 5.73 Å². The topological polar surface area (TPSA) is 53.7 Å². The van der Waals surface area contributed by atoms with Gasteiger partial charge in [-0.25, -0.2) is 0 Å². The normalized spacial score (nSPS) is 13.6. The standard InChI is InChI=1S/C12H17NO3/c1-9-7-11-12(16-6-5-15-11)8-10(9)14-4-2-3-13/h7-8H,2-6,13H2,1H3. The van der Waals surface area contributed by atoms with Gasteiger partial charge in [-0.05, 0) is 31.5 Å². The van der Waals surface area contributed by atoms with E-state index in [4.69, 9.17) is 19.9 Å². The third-order valence-corrected chi connectivity index (χ3v) is 2.45. The van der Waals surface area contributed by atoms with Crippen LogP contribution in [-0.2, 0) is 0 Å². The SMILES string of the molecule is Cc1cc2c(cc1OCCCN)OCCO2. The van der Waals surface area contributed by atoms with Crippen molar-refractivity contribution in [3.63, 3.8) is 0 Å². The number of ether oxygens (including phenoxy) is 3. The van der Waals surface area contributed by atoms with E-state index in [2.05, 4.69) is 0 Å². The van der Waals surface area contributed by atoms with Gasteiger partial charge in [-0.3, -0.25) is 0 Å². The summed E-state index contributed by atoms with van der Waals surface area (Å²) in [5, 5.41) is 0. The zero-order valence-electron chi connectivity index (χ0n) is 9.49. The Hall–Kier alpha value is -1.42. The van der Waals surface area contributed by atoms with E-state index in [9.17, 15) is 0 Å². The van der Waals surface area contributed by atoms with Gasteiger partial charge in [-0.15, -0.1) is 0 Å². The molecule has 1 heterocycles. The summed E-state index contributed by atoms with van der Waals surface area (Å²) < 4.78 is 16.6. The maximum absolute atomic E-state index is 5.63. The Morgan fingerprint density at radius 2 is 1.94 bits per heavy atom. The summed E-state index contributed by atoms with van der Waals surface area (Å²) in [5.74, 6) is 2.41. The molecule has 0 atom stereocenters. The maximum atomic E-state index is 5.63. The highest BCUT2D eigenvalue weighted by Gasteiger charge is 2.14. The van der Waals surface area contributed by atoms with Crippen molar-refractivity contribution in [1.29, 1.82) is 0 Å². The number of benzene rings is 1. The van der Waals surface area contributed by atoms with Crippen LogP contribution in [0.25, 0.3) is 0 Å². The minimum Gasteiger partial charge on any atom is -0.493 e. The van der Waals surface area contributed by atoms with Crippen molar-refractivity contribution in [3.8, 4) is 17.2 Å². The molecule has 0 spiro atoms. The van der Waals surface area contributed by atoms with Crippen molar-refractivity contribution in [1.82, 2.24) is 0 Å². The molecule has 0 saturated carbocycles. The average Bonchev–Trinajstić information content (AvgIpc) is 2.30. The van der Waals surface area contributed by atoms with Crippen LogP contribution in [0.4, 0.5) is 0 Å². The van der Waals surface area contributed by atoms with Crippen molar-refractivity contribution >= 4 is 0 Å². The van der Waals surface area contributed by atoms with Crippen LogP contribution in [0.15, 0.2) is 12.1 Å². The van der Waals surface area contributed by atoms with E-state index < -0.39 is 0 Å². The number of hydrogen-bond donors (Lipinski definition) is 1. The average molecular weight is 223 g/mol. The fourth-order valence-electron chi connectivity index (χ4n) is 1.59. The van der Waals surface area contributed by atoms with Crippen LogP contribution in [0, 0.1) is 6.92 Å². The zero-order valence-corrected chi connectivity index (χ0v) is 9.49. The number of nitrogens with two attached hydrogens (primary N) is 1. The van der Waals surface area contributed by atoms with Gasteiger partial charge in [-0.2, -0.15) is 0 Å². The van der Waals surface area contributed by atoms with Crippen LogP contribution in [0.5, 0.6) is 17.2 Å². The fraction of sp³-hybridized carbons (Fsp3) is 0.500. The summed E-state index contributed by atoms with van der Waals surface area (Å²) in [4.78, 5) is 0. The lowest BCUT2D eigenvalue weighted by atomic mass is 10.2. The van der Waals surface area contributed by atoms with E-state index in [1.54, 1.807) is 0 Å². The van der Waals surface area contributed by atoms with Gasteiger partial charge >= 0.3 is 0 Å². The van der Waals surface area contributed by atoms with E-state index in [0.717, 1.165) is 29.2 Å². The molecule has 0 saturated heterocycles. The summed E-state index contributed by atoms with van der Waals surface area (Å²) in [6.07, 6.45) is 0.855. The first-order valence-corrected chi connectivity index (χ1v) is 5.54. The third-order valence-electron chi connectivity index (χ3n) is 2.45. The minimum atomic E-state index is 0.596. The molecule has 0 amide bonds. The van der Waals surface area contributed by atoms with E-state index in [-0.39, 0.29) is 0 Å². The summed E-state index contributed by atoms with van der Waals surface area (Å²) >= 11 is 0. The summed E-state index contributed by atoms with van der Waals surface area (Å²) in [6, 6.07) is 3.84. The monoisotopic (exact) mass is 223 g/mol. The van der Waals surface area contributed by atoms with Gasteiger partial charge in [0.2, 0.25) is 0 Å². The third kappa shape index (κ3) is 2.39. The zero-order chi connectivity index (χ0) is 11.4. The highest BCUT2D eigenvalue weighted by molar-refractivity contribution is 5.50. The molecule has 4 nitrogen and oxygen atoms in total. The molecule has 1 aliphatic rings.